The SMILES string of the molecule is C=C(CCc1c[nH]c2ccccc12)NC(C)C(=C)/C=C\C(C)=C/C. The number of aromatic nitrogens is 1. The van der Waals surface area contributed by atoms with Crippen LogP contribution in [-0.2, 0) is 6.42 Å². The topological polar surface area (TPSA) is 27.8 Å². The number of hydrogen-bond donors (Lipinski definition) is 2. The van der Waals surface area contributed by atoms with Gasteiger partial charge in [0.15, 0.2) is 0 Å². The van der Waals surface area contributed by atoms with Crippen molar-refractivity contribution in [3.63, 3.8) is 0 Å². The van der Waals surface area contributed by atoms with Crippen LogP contribution in [0.1, 0.15) is 32.8 Å². The lowest BCUT2D eigenvalue weighted by Gasteiger charge is -2.17. The van der Waals surface area contributed by atoms with Crippen LogP contribution in [0.3, 0.4) is 0 Å². The highest BCUT2D eigenvalue weighted by Crippen LogP contribution is 2.20. The van der Waals surface area contributed by atoms with Crippen LogP contribution < -0.4 is 5.32 Å². The number of rotatable bonds is 8. The van der Waals surface area contributed by atoms with E-state index in [-0.39, 0.29) is 6.04 Å². The fourth-order valence-corrected chi connectivity index (χ4v) is 2.57. The van der Waals surface area contributed by atoms with Crippen LogP contribution in [0.5, 0.6) is 0 Å². The minimum absolute atomic E-state index is 0.182. The zero-order chi connectivity index (χ0) is 17.5. The van der Waals surface area contributed by atoms with Crippen molar-refractivity contribution in [2.75, 3.05) is 0 Å². The second-order valence-electron chi connectivity index (χ2n) is 6.27. The summed E-state index contributed by atoms with van der Waals surface area (Å²) < 4.78 is 0. The molecule has 1 heterocycles. The van der Waals surface area contributed by atoms with Gasteiger partial charge in [-0.25, -0.2) is 0 Å². The molecule has 2 heteroatoms. The minimum Gasteiger partial charge on any atom is -0.382 e. The fraction of sp³-hybridized carbons (Fsp3) is 0.273. The Morgan fingerprint density at radius 2 is 2.00 bits per heavy atom. The third-order valence-electron chi connectivity index (χ3n) is 4.36. The van der Waals surface area contributed by atoms with E-state index in [4.69, 9.17) is 0 Å². The fourth-order valence-electron chi connectivity index (χ4n) is 2.57. The molecule has 126 valence electrons. The summed E-state index contributed by atoms with van der Waals surface area (Å²) in [6.45, 7) is 14.6. The smallest absolute Gasteiger partial charge is 0.0476 e. The van der Waals surface area contributed by atoms with Crippen LogP contribution in [0.4, 0.5) is 0 Å². The molecule has 0 aliphatic rings. The number of hydrogen-bond acceptors (Lipinski definition) is 1. The Bertz CT molecular complexity index is 774. The first kappa shape index (κ1) is 17.9. The summed E-state index contributed by atoms with van der Waals surface area (Å²) >= 11 is 0. The van der Waals surface area contributed by atoms with Gasteiger partial charge in [0.25, 0.3) is 0 Å². The van der Waals surface area contributed by atoms with Crippen molar-refractivity contribution in [2.45, 2.75) is 39.7 Å². The third kappa shape index (κ3) is 4.76. The molecule has 0 amide bonds. The molecule has 0 radical (unpaired) electrons. The molecule has 0 aliphatic carbocycles. The van der Waals surface area contributed by atoms with E-state index in [2.05, 4.69) is 86.0 Å². The lowest BCUT2D eigenvalue weighted by atomic mass is 10.1. The predicted octanol–water partition coefficient (Wildman–Crippen LogP) is 5.67. The molecule has 0 fully saturated rings. The Morgan fingerprint density at radius 3 is 2.75 bits per heavy atom. The number of para-hydroxylation sites is 1. The molecule has 2 aromatic rings. The number of allylic oxidation sites excluding steroid dienone is 4. The summed E-state index contributed by atoms with van der Waals surface area (Å²) in [5, 5.41) is 4.76. The Morgan fingerprint density at radius 1 is 1.25 bits per heavy atom. The summed E-state index contributed by atoms with van der Waals surface area (Å²) in [4.78, 5) is 3.33. The van der Waals surface area contributed by atoms with Crippen LogP contribution in [0, 0.1) is 0 Å². The first-order chi connectivity index (χ1) is 11.5. The summed E-state index contributed by atoms with van der Waals surface area (Å²) in [6, 6.07) is 8.59. The monoisotopic (exact) mass is 320 g/mol. The molecule has 2 N–H and O–H groups in total. The summed E-state index contributed by atoms with van der Waals surface area (Å²) in [5.74, 6) is 0. The molecular weight excluding hydrogens is 292 g/mol. The molecule has 0 saturated heterocycles. The van der Waals surface area contributed by atoms with E-state index in [0.29, 0.717) is 0 Å². The van der Waals surface area contributed by atoms with E-state index in [9.17, 15) is 0 Å². The number of aryl methyl sites for hydroxylation is 1. The number of H-pyrrole nitrogens is 1. The van der Waals surface area contributed by atoms with Crippen LogP contribution in [0.2, 0.25) is 0 Å². The number of benzene rings is 1. The van der Waals surface area contributed by atoms with Crippen LogP contribution in [-0.4, -0.2) is 11.0 Å². The molecule has 0 aliphatic heterocycles. The molecule has 2 nitrogen and oxygen atoms in total. The molecule has 24 heavy (non-hydrogen) atoms. The average molecular weight is 320 g/mol. The van der Waals surface area contributed by atoms with Crippen LogP contribution in [0.25, 0.3) is 10.9 Å². The highest BCUT2D eigenvalue weighted by Gasteiger charge is 2.07. The standard InChI is InChI=1S/C22H28N2/c1-6-16(2)11-12-17(3)19(5)24-18(4)13-14-20-15-23-22-10-8-7-9-21(20)22/h6-12,15,19,23-24H,3-4,13-14H2,1-2,5H3/b12-11-,16-6-. The van der Waals surface area contributed by atoms with Crippen molar-refractivity contribution in [1.29, 1.82) is 0 Å². The van der Waals surface area contributed by atoms with Gasteiger partial charge in [0.1, 0.15) is 0 Å². The second kappa shape index (κ2) is 8.39. The van der Waals surface area contributed by atoms with E-state index in [0.717, 1.165) is 24.1 Å². The van der Waals surface area contributed by atoms with E-state index in [1.807, 2.05) is 6.92 Å². The van der Waals surface area contributed by atoms with Gasteiger partial charge in [-0.15, -0.1) is 0 Å². The third-order valence-corrected chi connectivity index (χ3v) is 4.36. The molecule has 1 atom stereocenters. The Balaban J connectivity index is 1.87. The molecular formula is C22H28N2. The highest BCUT2D eigenvalue weighted by molar-refractivity contribution is 5.83. The highest BCUT2D eigenvalue weighted by atomic mass is 14.9. The quantitative estimate of drug-likeness (QED) is 0.602. The largest absolute Gasteiger partial charge is 0.382 e. The van der Waals surface area contributed by atoms with E-state index in [1.54, 1.807) is 0 Å². The van der Waals surface area contributed by atoms with Gasteiger partial charge in [0, 0.05) is 28.8 Å². The van der Waals surface area contributed by atoms with Gasteiger partial charge in [-0.05, 0) is 50.8 Å². The lowest BCUT2D eigenvalue weighted by Crippen LogP contribution is -2.26. The van der Waals surface area contributed by atoms with Gasteiger partial charge in [0.2, 0.25) is 0 Å². The Kier molecular flexibility index (Phi) is 6.25. The maximum Gasteiger partial charge on any atom is 0.0476 e. The summed E-state index contributed by atoms with van der Waals surface area (Å²) in [7, 11) is 0. The van der Waals surface area contributed by atoms with E-state index < -0.39 is 0 Å². The van der Waals surface area contributed by atoms with Gasteiger partial charge in [0.05, 0.1) is 0 Å². The molecule has 1 aromatic carbocycles. The molecule has 0 bridgehead atoms. The predicted molar refractivity (Wildman–Crippen MR) is 106 cm³/mol. The Labute approximate surface area is 145 Å². The van der Waals surface area contributed by atoms with Crippen molar-refractivity contribution in [3.05, 3.63) is 84.3 Å². The zero-order valence-electron chi connectivity index (χ0n) is 15.0. The van der Waals surface area contributed by atoms with Gasteiger partial charge >= 0.3 is 0 Å². The average Bonchev–Trinajstić information content (AvgIpc) is 3.00. The first-order valence-electron chi connectivity index (χ1n) is 8.50. The lowest BCUT2D eigenvalue weighted by molar-refractivity contribution is 0.675. The molecule has 0 saturated carbocycles. The minimum atomic E-state index is 0.182. The molecule has 1 unspecified atom stereocenters. The molecule has 0 spiro atoms. The molecule has 2 rings (SSSR count). The van der Waals surface area contributed by atoms with Gasteiger partial charge in [-0.1, -0.05) is 55.2 Å². The van der Waals surface area contributed by atoms with Crippen LogP contribution >= 0.6 is 0 Å². The van der Waals surface area contributed by atoms with E-state index in [1.165, 1.54) is 22.0 Å². The molecule has 1 aromatic heterocycles. The number of nitrogens with one attached hydrogen (secondary N) is 2. The first-order valence-corrected chi connectivity index (χ1v) is 8.50. The van der Waals surface area contributed by atoms with Crippen LogP contribution in [0.15, 0.2) is 78.7 Å². The summed E-state index contributed by atoms with van der Waals surface area (Å²) in [6.07, 6.45) is 10.2. The Hall–Kier alpha value is -2.48. The van der Waals surface area contributed by atoms with Crippen molar-refractivity contribution >= 4 is 10.9 Å². The van der Waals surface area contributed by atoms with Crippen molar-refractivity contribution in [3.8, 4) is 0 Å². The van der Waals surface area contributed by atoms with Gasteiger partial charge in [-0.3, -0.25) is 0 Å². The maximum atomic E-state index is 4.17. The summed E-state index contributed by atoms with van der Waals surface area (Å²) in [5.41, 5.74) is 5.87. The van der Waals surface area contributed by atoms with Crippen molar-refractivity contribution in [2.24, 2.45) is 0 Å². The van der Waals surface area contributed by atoms with E-state index >= 15 is 0 Å². The number of aromatic amines is 1. The zero-order valence-corrected chi connectivity index (χ0v) is 15.0. The second-order valence-corrected chi connectivity index (χ2v) is 6.27. The van der Waals surface area contributed by atoms with Gasteiger partial charge < -0.3 is 10.3 Å². The normalized spacial score (nSPS) is 13.4. The number of fused-ring (bicyclic) bond motifs is 1. The van der Waals surface area contributed by atoms with Gasteiger partial charge in [-0.2, -0.15) is 0 Å². The maximum absolute atomic E-state index is 4.17. The van der Waals surface area contributed by atoms with Crippen molar-refractivity contribution in [1.82, 2.24) is 10.3 Å². The van der Waals surface area contributed by atoms with Crippen molar-refractivity contribution < 1.29 is 0 Å².